The summed E-state index contributed by atoms with van der Waals surface area (Å²) in [7, 11) is -1.79. The van der Waals surface area contributed by atoms with Crippen molar-refractivity contribution in [2.24, 2.45) is 5.73 Å². The van der Waals surface area contributed by atoms with E-state index in [1.54, 1.807) is 6.92 Å². The second kappa shape index (κ2) is 25.3. The van der Waals surface area contributed by atoms with E-state index in [1.807, 2.05) is 0 Å². The lowest BCUT2D eigenvalue weighted by Crippen LogP contribution is -2.61. The van der Waals surface area contributed by atoms with Gasteiger partial charge in [0, 0.05) is 19.5 Å². The molecule has 11 N–H and O–H groups in total. The molecule has 6 atom stereocenters. The fraction of sp³-hybridized carbons (Fsp3) is 0.833. The van der Waals surface area contributed by atoms with E-state index in [4.69, 9.17) is 5.73 Å². The lowest BCUT2D eigenvalue weighted by Gasteiger charge is -2.26. The Morgan fingerprint density at radius 3 is 1.80 bits per heavy atom. The fourth-order valence-corrected chi connectivity index (χ4v) is 4.49. The van der Waals surface area contributed by atoms with E-state index < -0.39 is 72.9 Å². The van der Waals surface area contributed by atoms with Crippen LogP contribution in [-0.4, -0.2) is 108 Å². The second-order valence-electron chi connectivity index (χ2n) is 11.8. The first-order valence-electron chi connectivity index (χ1n) is 16.7. The first-order chi connectivity index (χ1) is 21.8. The van der Waals surface area contributed by atoms with Crippen LogP contribution < -0.4 is 37.6 Å². The maximum absolute atomic E-state index is 12.9. The summed E-state index contributed by atoms with van der Waals surface area (Å²) >= 11 is 0. The smallest absolute Gasteiger partial charge is 0.426 e. The monoisotopic (exact) mass is 657 g/mol. The molecule has 0 saturated carbocycles. The van der Waals surface area contributed by atoms with Gasteiger partial charge >= 0.3 is 7.12 Å². The van der Waals surface area contributed by atoms with Crippen molar-refractivity contribution in [3.05, 3.63) is 0 Å². The van der Waals surface area contributed by atoms with Crippen LogP contribution in [-0.2, 0) is 24.0 Å². The van der Waals surface area contributed by atoms with Crippen molar-refractivity contribution in [2.45, 2.75) is 141 Å². The Morgan fingerprint density at radius 1 is 0.674 bits per heavy atom. The van der Waals surface area contributed by atoms with Crippen LogP contribution in [0.4, 0.5) is 0 Å². The van der Waals surface area contributed by atoms with E-state index >= 15 is 0 Å². The topological polar surface area (TPSA) is 244 Å². The largest absolute Gasteiger partial charge is 0.475 e. The summed E-state index contributed by atoms with van der Waals surface area (Å²) in [6.45, 7) is 9.01. The molecule has 0 aliphatic heterocycles. The number of aliphatic hydroxyl groups excluding tert-OH is 1. The van der Waals surface area contributed by atoms with Gasteiger partial charge in [0.15, 0.2) is 0 Å². The van der Waals surface area contributed by atoms with Gasteiger partial charge in [0.1, 0.15) is 24.2 Å². The van der Waals surface area contributed by atoms with E-state index in [0.717, 1.165) is 19.4 Å². The van der Waals surface area contributed by atoms with Crippen LogP contribution in [0, 0.1) is 0 Å². The SMILES string of the molecule is CCCCCCCCCCNCCC(=O)N[C@@H](CN)C(=O)N[C@H](C(=O)N[C@@H](C)C(=O)N[C@@H](CCC)C(=O)N[C@@H](C)B(O)O)[C@@H](C)O. The number of carbonyl (C=O) groups is 5. The highest BCUT2D eigenvalue weighted by Crippen LogP contribution is 2.08. The van der Waals surface area contributed by atoms with Gasteiger partial charge in [-0.15, -0.1) is 0 Å². The van der Waals surface area contributed by atoms with Gasteiger partial charge in [-0.05, 0) is 40.2 Å². The highest BCUT2D eigenvalue weighted by atomic mass is 16.4. The van der Waals surface area contributed by atoms with Crippen molar-refractivity contribution in [3.8, 4) is 0 Å². The molecule has 0 saturated heterocycles. The maximum atomic E-state index is 12.9. The minimum atomic E-state index is -1.79. The van der Waals surface area contributed by atoms with Gasteiger partial charge in [0.2, 0.25) is 29.5 Å². The second-order valence-corrected chi connectivity index (χ2v) is 11.8. The van der Waals surface area contributed by atoms with E-state index in [9.17, 15) is 39.1 Å². The molecular formula is C30H60BN7O8. The molecule has 0 unspecified atom stereocenters. The average molecular weight is 658 g/mol. The van der Waals surface area contributed by atoms with Crippen LogP contribution in [0.25, 0.3) is 0 Å². The molecular weight excluding hydrogens is 597 g/mol. The lowest BCUT2D eigenvalue weighted by atomic mass is 9.81. The first kappa shape index (κ1) is 43.2. The zero-order chi connectivity index (χ0) is 35.1. The van der Waals surface area contributed by atoms with Crippen molar-refractivity contribution in [1.82, 2.24) is 31.9 Å². The van der Waals surface area contributed by atoms with Crippen LogP contribution in [0.1, 0.15) is 105 Å². The first-order valence-corrected chi connectivity index (χ1v) is 16.7. The minimum Gasteiger partial charge on any atom is -0.426 e. The van der Waals surface area contributed by atoms with Gasteiger partial charge in [-0.25, -0.2) is 0 Å². The molecule has 0 spiro atoms. The number of rotatable bonds is 26. The number of hydrogen-bond acceptors (Lipinski definition) is 10. The number of amides is 5. The maximum Gasteiger partial charge on any atom is 0.475 e. The number of nitrogens with two attached hydrogens (primary N) is 1. The molecule has 0 fully saturated rings. The Kier molecular flexibility index (Phi) is 23.8. The summed E-state index contributed by atoms with van der Waals surface area (Å²) in [6.07, 6.45) is 9.24. The van der Waals surface area contributed by atoms with Crippen LogP contribution >= 0.6 is 0 Å². The number of aliphatic hydroxyl groups is 1. The summed E-state index contributed by atoms with van der Waals surface area (Å²) < 4.78 is 0. The van der Waals surface area contributed by atoms with Gasteiger partial charge in [0.25, 0.3) is 0 Å². The molecule has 0 aromatic rings. The molecule has 0 radical (unpaired) electrons. The van der Waals surface area contributed by atoms with Gasteiger partial charge in [-0.1, -0.05) is 65.2 Å². The molecule has 0 aliphatic rings. The Labute approximate surface area is 274 Å². The van der Waals surface area contributed by atoms with E-state index in [0.29, 0.717) is 13.0 Å². The van der Waals surface area contributed by atoms with Crippen LogP contribution in [0.3, 0.4) is 0 Å². The van der Waals surface area contributed by atoms with E-state index in [-0.39, 0.29) is 19.4 Å². The van der Waals surface area contributed by atoms with Gasteiger partial charge < -0.3 is 52.8 Å². The molecule has 5 amide bonds. The molecule has 0 heterocycles. The van der Waals surface area contributed by atoms with Crippen LogP contribution in [0.2, 0.25) is 0 Å². The minimum absolute atomic E-state index is 0.129. The van der Waals surface area contributed by atoms with Gasteiger partial charge in [-0.3, -0.25) is 24.0 Å². The molecule has 15 nitrogen and oxygen atoms in total. The number of nitrogens with one attached hydrogen (secondary N) is 6. The molecule has 0 aromatic carbocycles. The molecule has 16 heteroatoms. The lowest BCUT2D eigenvalue weighted by molar-refractivity contribution is -0.136. The third-order valence-corrected chi connectivity index (χ3v) is 7.47. The predicted octanol–water partition coefficient (Wildman–Crippen LogP) is -1.28. The molecule has 266 valence electrons. The summed E-state index contributed by atoms with van der Waals surface area (Å²) in [4.78, 5) is 63.5. The van der Waals surface area contributed by atoms with Gasteiger partial charge in [-0.2, -0.15) is 0 Å². The molecule has 0 bridgehead atoms. The van der Waals surface area contributed by atoms with Crippen molar-refractivity contribution < 1.29 is 39.1 Å². The van der Waals surface area contributed by atoms with Crippen molar-refractivity contribution in [1.29, 1.82) is 0 Å². The summed E-state index contributed by atoms with van der Waals surface area (Å²) in [6, 6.07) is -4.78. The summed E-state index contributed by atoms with van der Waals surface area (Å²) in [5, 5.41) is 44.1. The Bertz CT molecular complexity index is 912. The third kappa shape index (κ3) is 19.0. The Balaban J connectivity index is 4.81. The van der Waals surface area contributed by atoms with Crippen molar-refractivity contribution in [3.63, 3.8) is 0 Å². The molecule has 0 aliphatic carbocycles. The fourth-order valence-electron chi connectivity index (χ4n) is 4.49. The molecule has 0 aromatic heterocycles. The highest BCUT2D eigenvalue weighted by Gasteiger charge is 2.32. The quantitative estimate of drug-likeness (QED) is 0.0390. The standard InChI is InChI=1S/C30H60BN7O8/c1-6-8-9-10-11-12-13-14-17-33-18-16-25(40)36-24(19-32)29(43)38-26(21(4)39)30(44)34-20(3)27(41)37-23(15-7-2)28(42)35-22(5)31(45)46/h20-24,26,33,39,45-46H,6-19,32H2,1-5H3,(H,34,44)(H,35,42)(H,36,40)(H,37,41)(H,38,43)/t20-,21+,22-,23-,24-,26-/m0/s1. The average Bonchev–Trinajstić information content (AvgIpc) is 3.00. The summed E-state index contributed by atoms with van der Waals surface area (Å²) in [5.41, 5.74) is 5.71. The molecule has 0 rings (SSSR count). The zero-order valence-electron chi connectivity index (χ0n) is 28.4. The normalized spacial score (nSPS) is 15.0. The summed E-state index contributed by atoms with van der Waals surface area (Å²) in [5.74, 6) is -4.35. The Morgan fingerprint density at radius 2 is 1.26 bits per heavy atom. The number of unbranched alkanes of at least 4 members (excludes halogenated alkanes) is 7. The molecule has 46 heavy (non-hydrogen) atoms. The Hall–Kier alpha value is -2.79. The van der Waals surface area contributed by atoms with Crippen molar-refractivity contribution in [2.75, 3.05) is 19.6 Å². The zero-order valence-corrected chi connectivity index (χ0v) is 28.4. The third-order valence-electron chi connectivity index (χ3n) is 7.47. The van der Waals surface area contributed by atoms with Crippen molar-refractivity contribution >= 4 is 36.7 Å². The number of carbonyl (C=O) groups excluding carboxylic acids is 5. The van der Waals surface area contributed by atoms with Crippen LogP contribution in [0.15, 0.2) is 0 Å². The van der Waals surface area contributed by atoms with E-state index in [1.165, 1.54) is 59.3 Å². The van der Waals surface area contributed by atoms with Gasteiger partial charge in [0.05, 0.1) is 12.0 Å². The predicted molar refractivity (Wildman–Crippen MR) is 177 cm³/mol. The van der Waals surface area contributed by atoms with Crippen LogP contribution in [0.5, 0.6) is 0 Å². The number of hydrogen-bond donors (Lipinski definition) is 10. The highest BCUT2D eigenvalue weighted by molar-refractivity contribution is 6.43. The van der Waals surface area contributed by atoms with E-state index in [2.05, 4.69) is 38.8 Å².